The number of aryl methyl sites for hydroxylation is 1. The Morgan fingerprint density at radius 3 is 2.79 bits per heavy atom. The van der Waals surface area contributed by atoms with Crippen molar-refractivity contribution in [1.29, 1.82) is 0 Å². The Balaban J connectivity index is 2.41. The van der Waals surface area contributed by atoms with E-state index in [2.05, 4.69) is 15.3 Å². The number of benzene rings is 1. The number of rotatable bonds is 3. The molecular weight excluding hydrogens is 287 g/mol. The third-order valence-electron chi connectivity index (χ3n) is 2.31. The fraction of sp³-hybridized carbons (Fsp3) is 0.0833. The third-order valence-corrected chi connectivity index (χ3v) is 2.83. The molecule has 19 heavy (non-hydrogen) atoms. The molecule has 0 aliphatic carbocycles. The highest BCUT2D eigenvalue weighted by Gasteiger charge is 2.10. The molecule has 0 saturated carbocycles. The molecule has 1 heterocycles. The van der Waals surface area contributed by atoms with Crippen LogP contribution in [0.15, 0.2) is 24.3 Å². The molecule has 0 radical (unpaired) electrons. The minimum atomic E-state index is -0.491. The van der Waals surface area contributed by atoms with Gasteiger partial charge in [0.1, 0.15) is 16.5 Å². The summed E-state index contributed by atoms with van der Waals surface area (Å²) in [6.07, 6.45) is 0. The van der Waals surface area contributed by atoms with Crippen LogP contribution in [0.2, 0.25) is 5.02 Å². The minimum Gasteiger partial charge on any atom is -0.388 e. The predicted octanol–water partition coefficient (Wildman–Crippen LogP) is 2.96. The maximum absolute atomic E-state index is 13.6. The maximum Gasteiger partial charge on any atom is 0.228 e. The molecule has 2 aromatic rings. The van der Waals surface area contributed by atoms with Gasteiger partial charge in [0.25, 0.3) is 0 Å². The average molecular weight is 297 g/mol. The number of hydrogen-bond donors (Lipinski definition) is 2. The van der Waals surface area contributed by atoms with Gasteiger partial charge in [0.2, 0.25) is 5.95 Å². The van der Waals surface area contributed by atoms with E-state index in [9.17, 15) is 4.39 Å². The second-order valence-corrected chi connectivity index (χ2v) is 4.65. The Bertz CT molecular complexity index is 627. The van der Waals surface area contributed by atoms with E-state index < -0.39 is 5.82 Å². The van der Waals surface area contributed by atoms with Gasteiger partial charge >= 0.3 is 0 Å². The summed E-state index contributed by atoms with van der Waals surface area (Å²) in [5, 5.41) is 2.97. The van der Waals surface area contributed by atoms with E-state index in [1.807, 2.05) is 0 Å². The van der Waals surface area contributed by atoms with Gasteiger partial charge < -0.3 is 11.1 Å². The zero-order valence-corrected chi connectivity index (χ0v) is 11.5. The van der Waals surface area contributed by atoms with Crippen molar-refractivity contribution >= 4 is 40.4 Å². The SMILES string of the molecule is Cc1cc(C(N)=S)nc(Nc2c(F)cccc2Cl)n1. The van der Waals surface area contributed by atoms with Crippen LogP contribution in [-0.4, -0.2) is 15.0 Å². The topological polar surface area (TPSA) is 63.8 Å². The minimum absolute atomic E-state index is 0.114. The quantitative estimate of drug-likeness (QED) is 0.853. The first-order valence-electron chi connectivity index (χ1n) is 5.34. The first-order chi connectivity index (χ1) is 8.97. The maximum atomic E-state index is 13.6. The number of nitrogens with two attached hydrogens (primary N) is 1. The molecule has 0 spiro atoms. The first-order valence-corrected chi connectivity index (χ1v) is 6.12. The Hall–Kier alpha value is -1.79. The number of thiocarbonyl (C=S) groups is 1. The molecule has 2 rings (SSSR count). The van der Waals surface area contributed by atoms with Crippen molar-refractivity contribution in [3.05, 3.63) is 46.5 Å². The fourth-order valence-corrected chi connectivity index (χ4v) is 1.79. The van der Waals surface area contributed by atoms with E-state index in [4.69, 9.17) is 29.6 Å². The Morgan fingerprint density at radius 1 is 1.42 bits per heavy atom. The largest absolute Gasteiger partial charge is 0.388 e. The smallest absolute Gasteiger partial charge is 0.228 e. The standard InChI is InChI=1S/C12H10ClFN4S/c1-6-5-9(11(15)19)17-12(16-6)18-10-7(13)3-2-4-8(10)14/h2-5H,1H3,(H2,15,19)(H,16,17,18). The lowest BCUT2D eigenvalue weighted by Crippen LogP contribution is -2.14. The van der Waals surface area contributed by atoms with E-state index in [1.54, 1.807) is 19.1 Å². The molecule has 0 aliphatic rings. The molecule has 7 heteroatoms. The molecule has 1 aromatic carbocycles. The summed E-state index contributed by atoms with van der Waals surface area (Å²) in [6, 6.07) is 6.02. The molecule has 1 aromatic heterocycles. The normalized spacial score (nSPS) is 10.3. The van der Waals surface area contributed by atoms with Gasteiger partial charge in [-0.05, 0) is 25.1 Å². The number of para-hydroxylation sites is 1. The predicted molar refractivity (Wildman–Crippen MR) is 77.3 cm³/mol. The lowest BCUT2D eigenvalue weighted by atomic mass is 10.3. The van der Waals surface area contributed by atoms with Crippen LogP contribution < -0.4 is 11.1 Å². The summed E-state index contributed by atoms with van der Waals surface area (Å²) in [4.78, 5) is 8.37. The molecule has 0 aliphatic heterocycles. The molecule has 0 bridgehead atoms. The number of aromatic nitrogens is 2. The zero-order valence-electron chi connectivity index (χ0n) is 9.95. The van der Waals surface area contributed by atoms with Crippen LogP contribution in [-0.2, 0) is 0 Å². The van der Waals surface area contributed by atoms with Crippen molar-refractivity contribution in [2.24, 2.45) is 5.73 Å². The second-order valence-electron chi connectivity index (χ2n) is 3.80. The fourth-order valence-electron chi connectivity index (χ4n) is 1.48. The molecule has 0 fully saturated rings. The highest BCUT2D eigenvalue weighted by atomic mass is 35.5. The van der Waals surface area contributed by atoms with Gasteiger partial charge in [-0.1, -0.05) is 29.9 Å². The Morgan fingerprint density at radius 2 is 2.16 bits per heavy atom. The number of halogens is 2. The molecule has 0 unspecified atom stereocenters. The highest BCUT2D eigenvalue weighted by Crippen LogP contribution is 2.26. The van der Waals surface area contributed by atoms with E-state index >= 15 is 0 Å². The molecule has 4 nitrogen and oxygen atoms in total. The van der Waals surface area contributed by atoms with E-state index in [0.717, 1.165) is 0 Å². The van der Waals surface area contributed by atoms with Crippen LogP contribution in [0, 0.1) is 12.7 Å². The third kappa shape index (κ3) is 3.15. The molecule has 0 amide bonds. The number of anilines is 2. The summed E-state index contributed by atoms with van der Waals surface area (Å²) < 4.78 is 13.6. The Kier molecular flexibility index (Phi) is 3.92. The molecule has 98 valence electrons. The van der Waals surface area contributed by atoms with Gasteiger partial charge in [-0.15, -0.1) is 0 Å². The summed E-state index contributed by atoms with van der Waals surface area (Å²) in [7, 11) is 0. The van der Waals surface area contributed by atoms with Gasteiger partial charge in [-0.25, -0.2) is 14.4 Å². The number of hydrogen-bond acceptors (Lipinski definition) is 4. The van der Waals surface area contributed by atoms with Gasteiger partial charge in [0.15, 0.2) is 0 Å². The van der Waals surface area contributed by atoms with Crippen LogP contribution in [0.3, 0.4) is 0 Å². The summed E-state index contributed by atoms with van der Waals surface area (Å²) in [5.74, 6) is -0.302. The summed E-state index contributed by atoms with van der Waals surface area (Å²) in [6.45, 7) is 1.76. The molecular formula is C12H10ClFN4S. The van der Waals surface area contributed by atoms with Crippen LogP contribution in [0.25, 0.3) is 0 Å². The Labute approximate surface area is 119 Å². The van der Waals surface area contributed by atoms with E-state index in [-0.39, 0.29) is 21.6 Å². The summed E-state index contributed by atoms with van der Waals surface area (Å²) >= 11 is 10.8. The van der Waals surface area contributed by atoms with Gasteiger partial charge in [-0.3, -0.25) is 0 Å². The summed E-state index contributed by atoms with van der Waals surface area (Å²) in [5.41, 5.74) is 6.71. The van der Waals surface area contributed by atoms with Crippen molar-refractivity contribution in [1.82, 2.24) is 9.97 Å². The van der Waals surface area contributed by atoms with E-state index in [1.165, 1.54) is 12.1 Å². The van der Waals surface area contributed by atoms with E-state index in [0.29, 0.717) is 11.4 Å². The number of nitrogens with one attached hydrogen (secondary N) is 1. The monoisotopic (exact) mass is 296 g/mol. The average Bonchev–Trinajstić information content (AvgIpc) is 2.33. The van der Waals surface area contributed by atoms with Gasteiger partial charge in [-0.2, -0.15) is 0 Å². The van der Waals surface area contributed by atoms with Crippen molar-refractivity contribution in [2.75, 3.05) is 5.32 Å². The second kappa shape index (κ2) is 5.46. The molecule has 0 saturated heterocycles. The number of nitrogens with zero attached hydrogens (tertiary/aromatic N) is 2. The van der Waals surface area contributed by atoms with Crippen molar-refractivity contribution in [3.8, 4) is 0 Å². The van der Waals surface area contributed by atoms with Crippen molar-refractivity contribution in [2.45, 2.75) is 6.92 Å². The van der Waals surface area contributed by atoms with Crippen molar-refractivity contribution in [3.63, 3.8) is 0 Å². The zero-order chi connectivity index (χ0) is 14.0. The van der Waals surface area contributed by atoms with Crippen LogP contribution in [0.4, 0.5) is 16.0 Å². The van der Waals surface area contributed by atoms with Crippen LogP contribution >= 0.6 is 23.8 Å². The van der Waals surface area contributed by atoms with Crippen molar-refractivity contribution < 1.29 is 4.39 Å². The highest BCUT2D eigenvalue weighted by molar-refractivity contribution is 7.80. The van der Waals surface area contributed by atoms with Gasteiger partial charge in [0.05, 0.1) is 10.7 Å². The molecule has 3 N–H and O–H groups in total. The lowest BCUT2D eigenvalue weighted by molar-refractivity contribution is 0.631. The van der Waals surface area contributed by atoms with Crippen LogP contribution in [0.1, 0.15) is 11.4 Å². The van der Waals surface area contributed by atoms with Gasteiger partial charge in [0, 0.05) is 5.69 Å². The molecule has 0 atom stereocenters. The van der Waals surface area contributed by atoms with Crippen LogP contribution in [0.5, 0.6) is 0 Å². The first kappa shape index (κ1) is 13.6. The lowest BCUT2D eigenvalue weighted by Gasteiger charge is -2.09.